The summed E-state index contributed by atoms with van der Waals surface area (Å²) in [5, 5.41) is 5.12. The van der Waals surface area contributed by atoms with Crippen LogP contribution in [0.15, 0.2) is 48.5 Å². The summed E-state index contributed by atoms with van der Waals surface area (Å²) in [6.07, 6.45) is 0. The number of hydrogen-bond donors (Lipinski definition) is 2. The van der Waals surface area contributed by atoms with E-state index in [2.05, 4.69) is 10.6 Å². The van der Waals surface area contributed by atoms with Gasteiger partial charge in [0.25, 0.3) is 0 Å². The SMILES string of the molecule is Cc1cccc(NC(=O)[C@H](C)SCC(=O)Nc2ccc(F)cc2)c1. The number of aryl methyl sites for hydroxylation is 1. The Morgan fingerprint density at radius 3 is 2.46 bits per heavy atom. The first-order chi connectivity index (χ1) is 11.4. The first-order valence-electron chi connectivity index (χ1n) is 7.48. The Bertz CT molecular complexity index is 719. The van der Waals surface area contributed by atoms with Crippen molar-refractivity contribution in [2.45, 2.75) is 19.1 Å². The van der Waals surface area contributed by atoms with Crippen LogP contribution in [0.5, 0.6) is 0 Å². The van der Waals surface area contributed by atoms with Crippen LogP contribution < -0.4 is 10.6 Å². The second-order valence-electron chi connectivity index (χ2n) is 5.37. The average molecular weight is 346 g/mol. The molecule has 4 nitrogen and oxygen atoms in total. The van der Waals surface area contributed by atoms with Crippen molar-refractivity contribution in [3.8, 4) is 0 Å². The molecule has 0 saturated carbocycles. The maximum absolute atomic E-state index is 12.8. The van der Waals surface area contributed by atoms with Crippen molar-refractivity contribution in [1.82, 2.24) is 0 Å². The van der Waals surface area contributed by atoms with E-state index in [-0.39, 0.29) is 28.6 Å². The number of nitrogens with one attached hydrogen (secondary N) is 2. The number of benzene rings is 2. The van der Waals surface area contributed by atoms with E-state index < -0.39 is 0 Å². The highest BCUT2D eigenvalue weighted by Gasteiger charge is 2.15. The quantitative estimate of drug-likeness (QED) is 0.836. The average Bonchev–Trinajstić information content (AvgIpc) is 2.54. The van der Waals surface area contributed by atoms with Gasteiger partial charge < -0.3 is 10.6 Å². The zero-order valence-electron chi connectivity index (χ0n) is 13.5. The van der Waals surface area contributed by atoms with Crippen LogP contribution in [0.3, 0.4) is 0 Å². The molecule has 0 aliphatic rings. The summed E-state index contributed by atoms with van der Waals surface area (Å²) < 4.78 is 12.8. The van der Waals surface area contributed by atoms with Crippen molar-refractivity contribution in [1.29, 1.82) is 0 Å². The predicted octanol–water partition coefficient (Wildman–Crippen LogP) is 3.83. The lowest BCUT2D eigenvalue weighted by Gasteiger charge is -2.12. The minimum Gasteiger partial charge on any atom is -0.325 e. The van der Waals surface area contributed by atoms with Gasteiger partial charge in [0.2, 0.25) is 11.8 Å². The van der Waals surface area contributed by atoms with Gasteiger partial charge in [-0.25, -0.2) is 4.39 Å². The van der Waals surface area contributed by atoms with Gasteiger partial charge in [-0.1, -0.05) is 12.1 Å². The molecule has 2 amide bonds. The van der Waals surface area contributed by atoms with Gasteiger partial charge in [-0.15, -0.1) is 11.8 Å². The van der Waals surface area contributed by atoms with E-state index >= 15 is 0 Å². The third-order valence-corrected chi connectivity index (χ3v) is 4.39. The molecule has 0 aromatic heterocycles. The topological polar surface area (TPSA) is 58.2 Å². The molecular weight excluding hydrogens is 327 g/mol. The molecule has 2 aromatic rings. The lowest BCUT2D eigenvalue weighted by molar-refractivity contribution is -0.115. The molecule has 1 atom stereocenters. The molecule has 0 aliphatic heterocycles. The summed E-state index contributed by atoms with van der Waals surface area (Å²) in [6, 6.07) is 13.1. The van der Waals surface area contributed by atoms with Crippen LogP contribution in [0.4, 0.5) is 15.8 Å². The van der Waals surface area contributed by atoms with Crippen molar-refractivity contribution in [2.24, 2.45) is 0 Å². The molecule has 2 N–H and O–H groups in total. The molecule has 0 fully saturated rings. The second kappa shape index (κ2) is 8.49. The summed E-state index contributed by atoms with van der Waals surface area (Å²) in [5.41, 5.74) is 2.33. The van der Waals surface area contributed by atoms with E-state index in [1.165, 1.54) is 36.0 Å². The monoisotopic (exact) mass is 346 g/mol. The number of carbonyl (C=O) groups excluding carboxylic acids is 2. The Morgan fingerprint density at radius 2 is 1.79 bits per heavy atom. The Kier molecular flexibility index (Phi) is 6.37. The van der Waals surface area contributed by atoms with Crippen molar-refractivity contribution >= 4 is 35.0 Å². The molecule has 126 valence electrons. The number of hydrogen-bond acceptors (Lipinski definition) is 3. The maximum Gasteiger partial charge on any atom is 0.237 e. The van der Waals surface area contributed by atoms with E-state index in [1.54, 1.807) is 6.92 Å². The standard InChI is InChI=1S/C18H19FN2O2S/c1-12-4-3-5-16(10-12)21-18(23)13(2)24-11-17(22)20-15-8-6-14(19)7-9-15/h3-10,13H,11H2,1-2H3,(H,20,22)(H,21,23)/t13-/m0/s1. The van der Waals surface area contributed by atoms with E-state index in [0.717, 1.165) is 11.3 Å². The van der Waals surface area contributed by atoms with Crippen LogP contribution in [-0.2, 0) is 9.59 Å². The first-order valence-corrected chi connectivity index (χ1v) is 8.53. The number of anilines is 2. The van der Waals surface area contributed by atoms with Crippen LogP contribution in [0.25, 0.3) is 0 Å². The van der Waals surface area contributed by atoms with Gasteiger partial charge >= 0.3 is 0 Å². The zero-order chi connectivity index (χ0) is 17.5. The van der Waals surface area contributed by atoms with Crippen molar-refractivity contribution in [2.75, 3.05) is 16.4 Å². The highest BCUT2D eigenvalue weighted by atomic mass is 32.2. The number of carbonyl (C=O) groups is 2. The fraction of sp³-hybridized carbons (Fsp3) is 0.222. The van der Waals surface area contributed by atoms with E-state index in [9.17, 15) is 14.0 Å². The molecule has 0 bridgehead atoms. The molecule has 0 radical (unpaired) electrons. The van der Waals surface area contributed by atoms with Gasteiger partial charge in [0, 0.05) is 11.4 Å². The summed E-state index contributed by atoms with van der Waals surface area (Å²) in [7, 11) is 0. The molecular formula is C18H19FN2O2S. The fourth-order valence-electron chi connectivity index (χ4n) is 1.97. The number of halogens is 1. The van der Waals surface area contributed by atoms with Crippen molar-refractivity contribution in [3.05, 3.63) is 59.9 Å². The van der Waals surface area contributed by atoms with Gasteiger partial charge in [-0.2, -0.15) is 0 Å². The van der Waals surface area contributed by atoms with Crippen LogP contribution in [0.2, 0.25) is 0 Å². The van der Waals surface area contributed by atoms with E-state index in [4.69, 9.17) is 0 Å². The second-order valence-corrected chi connectivity index (χ2v) is 6.70. The number of rotatable bonds is 6. The summed E-state index contributed by atoms with van der Waals surface area (Å²) in [4.78, 5) is 24.0. The number of amides is 2. The molecule has 24 heavy (non-hydrogen) atoms. The van der Waals surface area contributed by atoms with Gasteiger partial charge in [-0.05, 0) is 55.8 Å². The summed E-state index contributed by atoms with van der Waals surface area (Å²) in [6.45, 7) is 3.70. The summed E-state index contributed by atoms with van der Waals surface area (Å²) >= 11 is 1.24. The highest BCUT2D eigenvalue weighted by molar-refractivity contribution is 8.01. The third-order valence-electron chi connectivity index (χ3n) is 3.25. The van der Waals surface area contributed by atoms with E-state index in [1.807, 2.05) is 31.2 Å². The lowest BCUT2D eigenvalue weighted by atomic mass is 10.2. The van der Waals surface area contributed by atoms with Crippen LogP contribution >= 0.6 is 11.8 Å². The Morgan fingerprint density at radius 1 is 1.08 bits per heavy atom. The highest BCUT2D eigenvalue weighted by Crippen LogP contribution is 2.16. The zero-order valence-corrected chi connectivity index (χ0v) is 14.3. The molecule has 0 saturated heterocycles. The van der Waals surface area contributed by atoms with Crippen molar-refractivity contribution in [3.63, 3.8) is 0 Å². The number of thioether (sulfide) groups is 1. The summed E-state index contributed by atoms with van der Waals surface area (Å²) in [5.74, 6) is -0.606. The first kappa shape index (κ1) is 18.0. The Hall–Kier alpha value is -2.34. The van der Waals surface area contributed by atoms with Crippen LogP contribution in [-0.4, -0.2) is 22.8 Å². The van der Waals surface area contributed by atoms with Gasteiger partial charge in [0.1, 0.15) is 5.82 Å². The molecule has 0 aliphatic carbocycles. The normalized spacial score (nSPS) is 11.6. The smallest absolute Gasteiger partial charge is 0.237 e. The maximum atomic E-state index is 12.8. The lowest BCUT2D eigenvalue weighted by Crippen LogP contribution is -2.25. The van der Waals surface area contributed by atoms with E-state index in [0.29, 0.717) is 5.69 Å². The molecule has 0 unspecified atom stereocenters. The van der Waals surface area contributed by atoms with Crippen LogP contribution in [0.1, 0.15) is 12.5 Å². The minimum absolute atomic E-state index is 0.139. The van der Waals surface area contributed by atoms with Gasteiger partial charge in [0.05, 0.1) is 11.0 Å². The van der Waals surface area contributed by atoms with Gasteiger partial charge in [-0.3, -0.25) is 9.59 Å². The third kappa shape index (κ3) is 5.70. The minimum atomic E-state index is -0.371. The molecule has 6 heteroatoms. The Labute approximate surface area is 144 Å². The molecule has 0 spiro atoms. The Balaban J connectivity index is 1.79. The van der Waals surface area contributed by atoms with Gasteiger partial charge in [0.15, 0.2) is 0 Å². The van der Waals surface area contributed by atoms with Crippen LogP contribution in [0, 0.1) is 12.7 Å². The fourth-order valence-corrected chi connectivity index (χ4v) is 2.66. The molecule has 2 aromatic carbocycles. The van der Waals surface area contributed by atoms with Crippen molar-refractivity contribution < 1.29 is 14.0 Å². The largest absolute Gasteiger partial charge is 0.325 e. The molecule has 0 heterocycles. The predicted molar refractivity (Wildman–Crippen MR) is 96.8 cm³/mol. The molecule has 2 rings (SSSR count).